The number of benzene rings is 1. The minimum Gasteiger partial charge on any atom is -0.325 e. The minimum atomic E-state index is 0. The number of carbonyl (C=O) groups excluding carboxylic acids is 1. The third-order valence-electron chi connectivity index (χ3n) is 3.22. The van der Waals surface area contributed by atoms with Gasteiger partial charge in [0.15, 0.2) is 0 Å². The van der Waals surface area contributed by atoms with Crippen LogP contribution in [-0.4, -0.2) is 43.5 Å². The highest BCUT2D eigenvalue weighted by atomic mass is 35.5. The number of rotatable bonds is 4. The number of carbonyl (C=O) groups is 1. The number of anilines is 1. The van der Waals surface area contributed by atoms with E-state index in [0.717, 1.165) is 38.3 Å². The Morgan fingerprint density at radius 2 is 1.80 bits per heavy atom. The first-order valence-electron chi connectivity index (χ1n) is 6.60. The molecule has 1 heterocycles. The predicted molar refractivity (Wildman–Crippen MR) is 88.3 cm³/mol. The van der Waals surface area contributed by atoms with Gasteiger partial charge in [-0.25, -0.2) is 0 Å². The molecule has 1 amide bonds. The van der Waals surface area contributed by atoms with Gasteiger partial charge in [-0.05, 0) is 24.1 Å². The number of amides is 1. The lowest BCUT2D eigenvalue weighted by molar-refractivity contribution is -0.117. The van der Waals surface area contributed by atoms with E-state index in [0.29, 0.717) is 6.54 Å². The van der Waals surface area contributed by atoms with Crippen molar-refractivity contribution in [1.29, 1.82) is 0 Å². The molecule has 4 nitrogen and oxygen atoms in total. The highest BCUT2D eigenvalue weighted by molar-refractivity contribution is 5.92. The predicted octanol–water partition coefficient (Wildman–Crippen LogP) is 1.94. The van der Waals surface area contributed by atoms with E-state index >= 15 is 0 Å². The van der Waals surface area contributed by atoms with E-state index in [4.69, 9.17) is 0 Å². The summed E-state index contributed by atoms with van der Waals surface area (Å²) >= 11 is 0. The largest absolute Gasteiger partial charge is 0.325 e. The van der Waals surface area contributed by atoms with Crippen molar-refractivity contribution in [2.45, 2.75) is 13.3 Å². The third kappa shape index (κ3) is 6.09. The Morgan fingerprint density at radius 1 is 1.20 bits per heavy atom. The van der Waals surface area contributed by atoms with Gasteiger partial charge in [0.2, 0.25) is 5.91 Å². The van der Waals surface area contributed by atoms with Crippen molar-refractivity contribution in [3.63, 3.8) is 0 Å². The third-order valence-corrected chi connectivity index (χ3v) is 3.22. The van der Waals surface area contributed by atoms with Crippen LogP contribution in [0.3, 0.4) is 0 Å². The van der Waals surface area contributed by atoms with Gasteiger partial charge in [0.05, 0.1) is 6.54 Å². The molecule has 1 saturated heterocycles. The first-order valence-corrected chi connectivity index (χ1v) is 6.60. The average Bonchev–Trinajstić information content (AvgIpc) is 2.40. The average molecular weight is 320 g/mol. The quantitative estimate of drug-likeness (QED) is 0.891. The molecule has 0 unspecified atom stereocenters. The van der Waals surface area contributed by atoms with Crippen molar-refractivity contribution in [1.82, 2.24) is 10.2 Å². The van der Waals surface area contributed by atoms with Gasteiger partial charge >= 0.3 is 0 Å². The Labute approximate surface area is 133 Å². The fourth-order valence-electron chi connectivity index (χ4n) is 2.10. The van der Waals surface area contributed by atoms with Gasteiger partial charge in [0.25, 0.3) is 0 Å². The molecule has 0 aromatic heterocycles. The molecule has 0 atom stereocenters. The molecule has 6 heteroatoms. The summed E-state index contributed by atoms with van der Waals surface area (Å²) in [6.07, 6.45) is 1.02. The highest BCUT2D eigenvalue weighted by Crippen LogP contribution is 2.09. The van der Waals surface area contributed by atoms with Crippen molar-refractivity contribution in [2.24, 2.45) is 0 Å². The number of nitrogens with one attached hydrogen (secondary N) is 2. The molecule has 0 saturated carbocycles. The van der Waals surface area contributed by atoms with Crippen molar-refractivity contribution in [2.75, 3.05) is 38.0 Å². The van der Waals surface area contributed by atoms with Crippen LogP contribution in [0.2, 0.25) is 0 Å². The van der Waals surface area contributed by atoms with E-state index in [9.17, 15) is 4.79 Å². The van der Waals surface area contributed by atoms with Crippen LogP contribution < -0.4 is 10.6 Å². The number of aryl methyl sites for hydroxylation is 1. The lowest BCUT2D eigenvalue weighted by atomic mass is 10.1. The molecule has 2 N–H and O–H groups in total. The number of halogens is 2. The van der Waals surface area contributed by atoms with Gasteiger partial charge in [-0.2, -0.15) is 0 Å². The molecular weight excluding hydrogens is 297 g/mol. The van der Waals surface area contributed by atoms with Crippen LogP contribution in [0.25, 0.3) is 0 Å². The summed E-state index contributed by atoms with van der Waals surface area (Å²) in [6, 6.07) is 8.05. The monoisotopic (exact) mass is 319 g/mol. The van der Waals surface area contributed by atoms with Crippen LogP contribution >= 0.6 is 24.8 Å². The zero-order valence-electron chi connectivity index (χ0n) is 11.7. The van der Waals surface area contributed by atoms with Crippen LogP contribution in [0, 0.1) is 0 Å². The van der Waals surface area contributed by atoms with Crippen LogP contribution in [0.15, 0.2) is 24.3 Å². The van der Waals surface area contributed by atoms with Gasteiger partial charge in [0.1, 0.15) is 0 Å². The van der Waals surface area contributed by atoms with Crippen LogP contribution in [-0.2, 0) is 11.2 Å². The second-order valence-electron chi connectivity index (χ2n) is 4.62. The maximum atomic E-state index is 11.9. The molecule has 0 bridgehead atoms. The van der Waals surface area contributed by atoms with Gasteiger partial charge in [-0.15, -0.1) is 24.8 Å². The lowest BCUT2D eigenvalue weighted by Gasteiger charge is -2.26. The molecule has 2 rings (SSSR count). The lowest BCUT2D eigenvalue weighted by Crippen LogP contribution is -2.46. The number of hydrogen-bond donors (Lipinski definition) is 2. The molecule has 1 aliphatic rings. The van der Waals surface area contributed by atoms with E-state index in [1.165, 1.54) is 5.56 Å². The van der Waals surface area contributed by atoms with Gasteiger partial charge in [-0.1, -0.05) is 19.1 Å². The van der Waals surface area contributed by atoms with Crippen molar-refractivity contribution in [3.05, 3.63) is 29.8 Å². The van der Waals surface area contributed by atoms with Gasteiger partial charge in [-0.3, -0.25) is 9.69 Å². The van der Waals surface area contributed by atoms with E-state index < -0.39 is 0 Å². The summed E-state index contributed by atoms with van der Waals surface area (Å²) in [7, 11) is 0. The highest BCUT2D eigenvalue weighted by Gasteiger charge is 2.13. The molecule has 0 spiro atoms. The van der Waals surface area contributed by atoms with Crippen LogP contribution in [0.1, 0.15) is 12.5 Å². The summed E-state index contributed by atoms with van der Waals surface area (Å²) in [4.78, 5) is 14.0. The molecule has 1 aromatic carbocycles. The normalized spacial score (nSPS) is 14.8. The molecule has 114 valence electrons. The molecule has 0 radical (unpaired) electrons. The first-order chi connectivity index (χ1) is 8.78. The van der Waals surface area contributed by atoms with Crippen molar-refractivity contribution < 1.29 is 4.79 Å². The van der Waals surface area contributed by atoms with E-state index in [2.05, 4.69) is 34.6 Å². The maximum Gasteiger partial charge on any atom is 0.238 e. The molecule has 1 aliphatic heterocycles. The van der Waals surface area contributed by atoms with Crippen LogP contribution in [0.4, 0.5) is 5.69 Å². The standard InChI is InChI=1S/C14H21N3O.2ClH/c1-2-12-3-5-13(6-4-12)16-14(18)11-17-9-7-15-8-10-17;;/h3-6,15H,2,7-11H2,1H3,(H,16,18);2*1H. The number of piperazine rings is 1. The molecule has 20 heavy (non-hydrogen) atoms. The number of hydrogen-bond acceptors (Lipinski definition) is 3. The first kappa shape index (κ1) is 19.2. The van der Waals surface area contributed by atoms with E-state index in [-0.39, 0.29) is 30.7 Å². The Balaban J connectivity index is 0.00000180. The second-order valence-corrected chi connectivity index (χ2v) is 4.62. The zero-order valence-corrected chi connectivity index (χ0v) is 13.4. The summed E-state index contributed by atoms with van der Waals surface area (Å²) in [5.74, 6) is 0.0705. The zero-order chi connectivity index (χ0) is 12.8. The second kappa shape index (κ2) is 10.00. The number of nitrogens with zero attached hydrogens (tertiary/aromatic N) is 1. The summed E-state index contributed by atoms with van der Waals surface area (Å²) in [5, 5.41) is 6.22. The smallest absolute Gasteiger partial charge is 0.238 e. The van der Waals surface area contributed by atoms with Gasteiger partial charge < -0.3 is 10.6 Å². The Morgan fingerprint density at radius 3 is 2.35 bits per heavy atom. The Hall–Kier alpha value is -0.810. The Kier molecular flexibility index (Phi) is 9.59. The van der Waals surface area contributed by atoms with Gasteiger partial charge in [0, 0.05) is 31.9 Å². The topological polar surface area (TPSA) is 44.4 Å². The Bertz CT molecular complexity index is 392. The molecule has 1 fully saturated rings. The molecule has 0 aliphatic carbocycles. The van der Waals surface area contributed by atoms with Crippen LogP contribution in [0.5, 0.6) is 0 Å². The van der Waals surface area contributed by atoms with E-state index in [1.807, 2.05) is 12.1 Å². The summed E-state index contributed by atoms with van der Waals surface area (Å²) in [5.41, 5.74) is 2.17. The molecular formula is C14H23Cl2N3O. The molecule has 1 aromatic rings. The maximum absolute atomic E-state index is 11.9. The SMILES string of the molecule is CCc1ccc(NC(=O)CN2CCNCC2)cc1.Cl.Cl. The van der Waals surface area contributed by atoms with E-state index in [1.54, 1.807) is 0 Å². The minimum absolute atomic E-state index is 0. The summed E-state index contributed by atoms with van der Waals surface area (Å²) < 4.78 is 0. The summed E-state index contributed by atoms with van der Waals surface area (Å²) in [6.45, 7) is 6.44. The fraction of sp³-hybridized carbons (Fsp3) is 0.500. The van der Waals surface area contributed by atoms with Crippen molar-refractivity contribution in [3.8, 4) is 0 Å². The fourth-order valence-corrected chi connectivity index (χ4v) is 2.10. The van der Waals surface area contributed by atoms with Crippen molar-refractivity contribution >= 4 is 36.4 Å².